The summed E-state index contributed by atoms with van der Waals surface area (Å²) in [5, 5.41) is 4.83. The molecule has 220 valence electrons. The van der Waals surface area contributed by atoms with Crippen LogP contribution in [0, 0.1) is 12.8 Å². The zero-order chi connectivity index (χ0) is 28.9. The highest BCUT2D eigenvalue weighted by atomic mass is 32.2. The largest absolute Gasteiger partial charge is 0.493 e. The van der Waals surface area contributed by atoms with E-state index in [0.717, 1.165) is 31.5 Å². The van der Waals surface area contributed by atoms with Gasteiger partial charge in [-0.25, -0.2) is 17.9 Å². The Hall–Kier alpha value is -2.76. The Kier molecular flexibility index (Phi) is 10.0. The highest BCUT2D eigenvalue weighted by Gasteiger charge is 2.29. The molecule has 0 spiro atoms. The zero-order valence-corrected chi connectivity index (χ0v) is 25.4. The van der Waals surface area contributed by atoms with E-state index in [1.165, 1.54) is 23.6 Å². The molecular formula is C29H44N6O4S. The van der Waals surface area contributed by atoms with Crippen molar-refractivity contribution >= 4 is 15.5 Å². The molecule has 2 aromatic heterocycles. The number of sulfonamides is 1. The van der Waals surface area contributed by atoms with Gasteiger partial charge in [-0.3, -0.25) is 4.79 Å². The average molecular weight is 573 g/mol. The summed E-state index contributed by atoms with van der Waals surface area (Å²) in [6, 6.07) is 4.82. The molecule has 3 aromatic rings. The number of hydrogen-bond donors (Lipinski definition) is 1. The molecule has 0 aliphatic carbocycles. The lowest BCUT2D eigenvalue weighted by Crippen LogP contribution is -2.47. The number of nitrogens with zero attached hydrogens (tertiary/aromatic N) is 5. The minimum atomic E-state index is -3.73. The molecule has 1 aromatic carbocycles. The van der Waals surface area contributed by atoms with Gasteiger partial charge in [0.2, 0.25) is 10.0 Å². The third-order valence-corrected chi connectivity index (χ3v) is 9.67. The molecule has 0 radical (unpaired) electrons. The van der Waals surface area contributed by atoms with Crippen molar-refractivity contribution in [3.05, 3.63) is 40.1 Å². The molecule has 1 atom stereocenters. The fourth-order valence-electron chi connectivity index (χ4n) is 5.25. The number of likely N-dealkylation sites (N-methyl/N-ethyl adjacent to an activating group) is 1. The van der Waals surface area contributed by atoms with Crippen molar-refractivity contribution < 1.29 is 13.2 Å². The monoisotopic (exact) mass is 572 g/mol. The van der Waals surface area contributed by atoms with Crippen molar-refractivity contribution in [1.82, 2.24) is 28.8 Å². The molecule has 1 saturated heterocycles. The maximum absolute atomic E-state index is 13.6. The van der Waals surface area contributed by atoms with Gasteiger partial charge in [0, 0.05) is 32.6 Å². The van der Waals surface area contributed by atoms with Crippen LogP contribution in [0.4, 0.5) is 0 Å². The summed E-state index contributed by atoms with van der Waals surface area (Å²) >= 11 is 0. The van der Waals surface area contributed by atoms with E-state index in [1.807, 2.05) is 20.9 Å². The summed E-state index contributed by atoms with van der Waals surface area (Å²) in [6.45, 7) is 10.9. The molecule has 1 unspecified atom stereocenters. The minimum Gasteiger partial charge on any atom is -0.493 e. The number of aromatic nitrogens is 4. The van der Waals surface area contributed by atoms with Gasteiger partial charge in [-0.2, -0.15) is 4.31 Å². The second-order valence-electron chi connectivity index (χ2n) is 10.9. The quantitative estimate of drug-likeness (QED) is 0.305. The Balaban J connectivity index is 1.78. The standard InChI is InChI=1S/C29H44N6O4S/c1-6-9-10-11-22(8-3)19-26-30-21(4)27-29(36)31-28(32-35(26)27)24-20-23(12-13-25(24)39-18-7-2)40(37,38)34-16-14-33(5)15-17-34/h12-13,20,22H,6-11,14-19H2,1-5H3,(H,31,32,36). The Morgan fingerprint density at radius 2 is 1.82 bits per heavy atom. The van der Waals surface area contributed by atoms with Gasteiger partial charge in [-0.15, -0.1) is 5.10 Å². The minimum absolute atomic E-state index is 0.155. The van der Waals surface area contributed by atoms with E-state index in [-0.39, 0.29) is 16.3 Å². The Morgan fingerprint density at radius 1 is 1.07 bits per heavy atom. The van der Waals surface area contributed by atoms with Gasteiger partial charge in [0.25, 0.3) is 5.56 Å². The van der Waals surface area contributed by atoms with Gasteiger partial charge < -0.3 is 14.6 Å². The van der Waals surface area contributed by atoms with Crippen LogP contribution in [0.2, 0.25) is 0 Å². The molecule has 0 bridgehead atoms. The summed E-state index contributed by atoms with van der Waals surface area (Å²) in [5.74, 6) is 1.94. The Morgan fingerprint density at radius 3 is 2.50 bits per heavy atom. The molecule has 4 rings (SSSR count). The lowest BCUT2D eigenvalue weighted by Gasteiger charge is -2.31. The van der Waals surface area contributed by atoms with Gasteiger partial charge in [0.1, 0.15) is 11.6 Å². The first kappa shape index (κ1) is 30.2. The molecule has 1 N–H and O–H groups in total. The van der Waals surface area contributed by atoms with Gasteiger partial charge in [0.15, 0.2) is 11.3 Å². The van der Waals surface area contributed by atoms with E-state index in [4.69, 9.17) is 14.8 Å². The smallest absolute Gasteiger partial charge is 0.277 e. The second-order valence-corrected chi connectivity index (χ2v) is 12.8. The van der Waals surface area contributed by atoms with Crippen molar-refractivity contribution in [2.24, 2.45) is 5.92 Å². The molecular weight excluding hydrogens is 528 g/mol. The van der Waals surface area contributed by atoms with Crippen molar-refractivity contribution in [2.75, 3.05) is 39.8 Å². The molecule has 0 saturated carbocycles. The number of ether oxygens (including phenoxy) is 1. The molecule has 1 aliphatic rings. The first-order valence-corrected chi connectivity index (χ1v) is 16.1. The number of rotatable bonds is 13. The van der Waals surface area contributed by atoms with E-state index < -0.39 is 10.0 Å². The number of fused-ring (bicyclic) bond motifs is 1. The van der Waals surface area contributed by atoms with E-state index >= 15 is 0 Å². The Bertz CT molecular complexity index is 1460. The molecule has 11 heteroatoms. The average Bonchev–Trinajstić information content (AvgIpc) is 3.26. The van der Waals surface area contributed by atoms with Crippen LogP contribution in [0.3, 0.4) is 0 Å². The van der Waals surface area contributed by atoms with Crippen LogP contribution in [0.15, 0.2) is 27.9 Å². The summed E-state index contributed by atoms with van der Waals surface area (Å²) in [7, 11) is -1.74. The van der Waals surface area contributed by atoms with E-state index in [0.29, 0.717) is 61.2 Å². The predicted molar refractivity (Wildman–Crippen MR) is 157 cm³/mol. The summed E-state index contributed by atoms with van der Waals surface area (Å²) in [5.41, 5.74) is 1.18. The molecule has 0 amide bonds. The number of nitrogens with one attached hydrogen (secondary N) is 1. The fourth-order valence-corrected chi connectivity index (χ4v) is 6.70. The fraction of sp³-hybridized carbons (Fsp3) is 0.621. The summed E-state index contributed by atoms with van der Waals surface area (Å²) < 4.78 is 36.3. The number of aromatic amines is 1. The molecule has 1 fully saturated rings. The first-order chi connectivity index (χ1) is 19.2. The topological polar surface area (TPSA) is 113 Å². The van der Waals surface area contributed by atoms with Crippen molar-refractivity contribution in [3.8, 4) is 17.1 Å². The summed E-state index contributed by atoms with van der Waals surface area (Å²) in [4.78, 5) is 23.2. The highest BCUT2D eigenvalue weighted by molar-refractivity contribution is 7.89. The number of unbranched alkanes of at least 4 members (excludes halogenated alkanes) is 2. The van der Waals surface area contributed by atoms with E-state index in [2.05, 4.69) is 23.7 Å². The summed E-state index contributed by atoms with van der Waals surface area (Å²) in [6.07, 6.45) is 7.18. The maximum Gasteiger partial charge on any atom is 0.277 e. The van der Waals surface area contributed by atoms with Crippen LogP contribution in [0.1, 0.15) is 70.8 Å². The van der Waals surface area contributed by atoms with Crippen molar-refractivity contribution in [3.63, 3.8) is 0 Å². The highest BCUT2D eigenvalue weighted by Crippen LogP contribution is 2.32. The number of aryl methyl sites for hydroxylation is 1. The third kappa shape index (κ3) is 6.58. The van der Waals surface area contributed by atoms with Gasteiger partial charge in [0.05, 0.1) is 22.8 Å². The normalized spacial score (nSPS) is 16.0. The SMILES string of the molecule is CCCCCC(CC)Cc1nc(C)c2c(=O)[nH]c(-c3cc(S(=O)(=O)N4CCN(C)CC4)ccc3OCCC)nn12. The second kappa shape index (κ2) is 13.3. The maximum atomic E-state index is 13.6. The lowest BCUT2D eigenvalue weighted by atomic mass is 9.95. The predicted octanol–water partition coefficient (Wildman–Crippen LogP) is 4.27. The van der Waals surface area contributed by atoms with Crippen LogP contribution < -0.4 is 10.3 Å². The van der Waals surface area contributed by atoms with Crippen LogP contribution in [-0.2, 0) is 16.4 Å². The zero-order valence-electron chi connectivity index (χ0n) is 24.6. The Labute approximate surface area is 237 Å². The van der Waals surface area contributed by atoms with Crippen LogP contribution in [0.25, 0.3) is 16.9 Å². The number of benzene rings is 1. The molecule has 40 heavy (non-hydrogen) atoms. The number of piperazine rings is 1. The van der Waals surface area contributed by atoms with E-state index in [9.17, 15) is 13.2 Å². The van der Waals surface area contributed by atoms with Crippen molar-refractivity contribution in [2.45, 2.75) is 77.5 Å². The van der Waals surface area contributed by atoms with Crippen LogP contribution >= 0.6 is 0 Å². The van der Waals surface area contributed by atoms with Crippen LogP contribution in [-0.4, -0.2) is 77.0 Å². The van der Waals surface area contributed by atoms with Gasteiger partial charge in [-0.1, -0.05) is 52.9 Å². The first-order valence-electron chi connectivity index (χ1n) is 14.6. The third-order valence-electron chi connectivity index (χ3n) is 7.78. The molecule has 10 nitrogen and oxygen atoms in total. The van der Waals surface area contributed by atoms with Gasteiger partial charge >= 0.3 is 0 Å². The van der Waals surface area contributed by atoms with E-state index in [1.54, 1.807) is 22.7 Å². The van der Waals surface area contributed by atoms with Crippen molar-refractivity contribution in [1.29, 1.82) is 0 Å². The number of H-pyrrole nitrogens is 1. The molecule has 1 aliphatic heterocycles. The van der Waals surface area contributed by atoms with Gasteiger partial charge in [-0.05, 0) is 44.5 Å². The van der Waals surface area contributed by atoms with Crippen LogP contribution in [0.5, 0.6) is 5.75 Å². The number of hydrogen-bond acceptors (Lipinski definition) is 7. The number of imidazole rings is 1. The lowest BCUT2D eigenvalue weighted by molar-refractivity contribution is 0.222. The molecule has 3 heterocycles.